The van der Waals surface area contributed by atoms with Gasteiger partial charge in [-0.25, -0.2) is 13.1 Å². The van der Waals surface area contributed by atoms with Gasteiger partial charge in [0.15, 0.2) is 0 Å². The molecule has 0 unspecified atom stereocenters. The van der Waals surface area contributed by atoms with Crippen LogP contribution >= 0.6 is 11.8 Å². The van der Waals surface area contributed by atoms with E-state index in [0.717, 1.165) is 0 Å². The average Bonchev–Trinajstić information content (AvgIpc) is 3.07. The molecule has 1 heterocycles. The summed E-state index contributed by atoms with van der Waals surface area (Å²) in [5, 5.41) is 14.4. The molecule has 11 heteroatoms. The molecular weight excluding hydrogens is 388 g/mol. The number of nitrogens with one attached hydrogen (secondary N) is 1. The van der Waals surface area contributed by atoms with E-state index in [-0.39, 0.29) is 22.6 Å². The van der Waals surface area contributed by atoms with Gasteiger partial charge in [0.25, 0.3) is 0 Å². The molecule has 2 aromatic rings. The topological polar surface area (TPSA) is 110 Å². The number of hydrogen-bond acceptors (Lipinski definition) is 7. The van der Waals surface area contributed by atoms with E-state index in [4.69, 9.17) is 0 Å². The number of tetrazole rings is 1. The summed E-state index contributed by atoms with van der Waals surface area (Å²) in [4.78, 5) is 12.3. The summed E-state index contributed by atoms with van der Waals surface area (Å²) >= 11 is 1.20. The third-order valence-electron chi connectivity index (χ3n) is 3.68. The van der Waals surface area contributed by atoms with Crippen molar-refractivity contribution in [2.24, 2.45) is 0 Å². The Balaban J connectivity index is 1.97. The molecule has 0 aliphatic heterocycles. The molecule has 1 aromatic heterocycles. The number of sulfonamides is 1. The minimum Gasteiger partial charge on any atom is -0.325 e. The molecule has 9 nitrogen and oxygen atoms in total. The Kier molecular flexibility index (Phi) is 7.11. The zero-order chi connectivity index (χ0) is 20.0. The van der Waals surface area contributed by atoms with Crippen molar-refractivity contribution < 1.29 is 13.2 Å². The van der Waals surface area contributed by atoms with Gasteiger partial charge in [-0.15, -0.1) is 11.7 Å². The molecule has 0 aliphatic carbocycles. The SMILES string of the molecule is C=CCn1nnnc1SCC(=O)Nc1ccc(S(=O)(=O)N(C)C(C)C)cc1. The number of carbonyl (C=O) groups is 1. The Bertz CT molecular complexity index is 893. The van der Waals surface area contributed by atoms with E-state index in [0.29, 0.717) is 17.4 Å². The molecule has 0 saturated carbocycles. The standard InChI is InChI=1S/C16H22N6O3S2/c1-5-10-22-16(18-19-20-22)26-11-15(23)17-13-6-8-14(9-7-13)27(24,25)21(4)12(2)3/h5-9,12H,1,10-11H2,2-4H3,(H,17,23). The van der Waals surface area contributed by atoms with Gasteiger partial charge in [-0.05, 0) is 48.5 Å². The number of nitrogens with zero attached hydrogens (tertiary/aromatic N) is 5. The minimum atomic E-state index is -3.55. The fourth-order valence-corrected chi connectivity index (χ4v) is 4.07. The lowest BCUT2D eigenvalue weighted by Crippen LogP contribution is -2.33. The third kappa shape index (κ3) is 5.37. The van der Waals surface area contributed by atoms with Crippen molar-refractivity contribution in [3.63, 3.8) is 0 Å². The van der Waals surface area contributed by atoms with Crippen LogP contribution < -0.4 is 5.32 Å². The number of rotatable bonds is 9. The number of benzene rings is 1. The fourth-order valence-electron chi connectivity index (χ4n) is 2.02. The van der Waals surface area contributed by atoms with E-state index in [9.17, 15) is 13.2 Å². The van der Waals surface area contributed by atoms with Gasteiger partial charge in [-0.1, -0.05) is 17.8 Å². The van der Waals surface area contributed by atoms with Crippen LogP contribution in [0, 0.1) is 0 Å². The molecule has 0 saturated heterocycles. The Labute approximate surface area is 162 Å². The van der Waals surface area contributed by atoms with E-state index in [1.54, 1.807) is 32.1 Å². The van der Waals surface area contributed by atoms with Crippen LogP contribution in [-0.2, 0) is 21.4 Å². The van der Waals surface area contributed by atoms with Gasteiger partial charge in [0, 0.05) is 18.8 Å². The van der Waals surface area contributed by atoms with Crippen LogP contribution in [0.1, 0.15) is 13.8 Å². The van der Waals surface area contributed by atoms with Gasteiger partial charge in [-0.2, -0.15) is 4.31 Å². The maximum atomic E-state index is 12.4. The lowest BCUT2D eigenvalue weighted by Gasteiger charge is -2.21. The first kappa shape index (κ1) is 21.1. The highest BCUT2D eigenvalue weighted by atomic mass is 32.2. The Hall–Kier alpha value is -2.24. The Morgan fingerprint density at radius 1 is 1.37 bits per heavy atom. The first-order chi connectivity index (χ1) is 12.8. The molecule has 0 aliphatic rings. The fraction of sp³-hybridized carbons (Fsp3) is 0.375. The molecule has 0 bridgehead atoms. The zero-order valence-electron chi connectivity index (χ0n) is 15.4. The second-order valence-corrected chi connectivity index (χ2v) is 8.85. The van der Waals surface area contributed by atoms with E-state index in [2.05, 4.69) is 27.4 Å². The highest BCUT2D eigenvalue weighted by Gasteiger charge is 2.22. The van der Waals surface area contributed by atoms with Crippen molar-refractivity contribution in [1.29, 1.82) is 0 Å². The van der Waals surface area contributed by atoms with Crippen molar-refractivity contribution in [1.82, 2.24) is 24.5 Å². The Morgan fingerprint density at radius 2 is 2.04 bits per heavy atom. The molecule has 0 atom stereocenters. The molecule has 0 fully saturated rings. The monoisotopic (exact) mass is 410 g/mol. The molecule has 1 aromatic carbocycles. The largest absolute Gasteiger partial charge is 0.325 e. The summed E-state index contributed by atoms with van der Waals surface area (Å²) in [5.74, 6) is -0.128. The van der Waals surface area contributed by atoms with Crippen molar-refractivity contribution >= 4 is 33.4 Å². The van der Waals surface area contributed by atoms with Gasteiger partial charge in [0.05, 0.1) is 17.2 Å². The smallest absolute Gasteiger partial charge is 0.243 e. The van der Waals surface area contributed by atoms with Crippen LogP contribution in [-0.4, -0.2) is 57.7 Å². The van der Waals surface area contributed by atoms with Crippen LogP contribution in [0.2, 0.25) is 0 Å². The summed E-state index contributed by atoms with van der Waals surface area (Å²) in [7, 11) is -2.02. The molecule has 27 heavy (non-hydrogen) atoms. The highest BCUT2D eigenvalue weighted by molar-refractivity contribution is 7.99. The van der Waals surface area contributed by atoms with Gasteiger partial charge in [0.1, 0.15) is 0 Å². The number of allylic oxidation sites excluding steroid dienone is 1. The van der Waals surface area contributed by atoms with Crippen molar-refractivity contribution in [3.05, 3.63) is 36.9 Å². The minimum absolute atomic E-state index is 0.119. The lowest BCUT2D eigenvalue weighted by atomic mass is 10.3. The number of anilines is 1. The van der Waals surface area contributed by atoms with E-state index < -0.39 is 10.0 Å². The number of carbonyl (C=O) groups excluding carboxylic acids is 1. The van der Waals surface area contributed by atoms with Crippen molar-refractivity contribution in [2.75, 3.05) is 18.1 Å². The highest BCUT2D eigenvalue weighted by Crippen LogP contribution is 2.20. The first-order valence-corrected chi connectivity index (χ1v) is 10.6. The summed E-state index contributed by atoms with van der Waals surface area (Å²) in [6.45, 7) is 7.68. The summed E-state index contributed by atoms with van der Waals surface area (Å²) < 4.78 is 27.7. The van der Waals surface area contributed by atoms with Crippen LogP contribution in [0.15, 0.2) is 47.0 Å². The zero-order valence-corrected chi connectivity index (χ0v) is 17.0. The van der Waals surface area contributed by atoms with Crippen LogP contribution in [0.4, 0.5) is 5.69 Å². The maximum absolute atomic E-state index is 12.4. The number of amides is 1. The number of thioether (sulfide) groups is 1. The summed E-state index contributed by atoms with van der Waals surface area (Å²) in [6.07, 6.45) is 1.66. The molecule has 146 valence electrons. The second kappa shape index (κ2) is 9.11. The van der Waals surface area contributed by atoms with Gasteiger partial charge >= 0.3 is 0 Å². The first-order valence-electron chi connectivity index (χ1n) is 8.13. The molecule has 2 rings (SSSR count). The lowest BCUT2D eigenvalue weighted by molar-refractivity contribution is -0.113. The maximum Gasteiger partial charge on any atom is 0.243 e. The summed E-state index contributed by atoms with van der Waals surface area (Å²) in [5.41, 5.74) is 0.512. The molecule has 1 amide bonds. The van der Waals surface area contributed by atoms with Crippen LogP contribution in [0.5, 0.6) is 0 Å². The van der Waals surface area contributed by atoms with Crippen LogP contribution in [0.25, 0.3) is 0 Å². The predicted molar refractivity (Wildman–Crippen MR) is 104 cm³/mol. The second-order valence-electron chi connectivity index (χ2n) is 5.91. The van der Waals surface area contributed by atoms with Crippen molar-refractivity contribution in [3.8, 4) is 0 Å². The molecule has 1 N–H and O–H groups in total. The number of hydrogen-bond donors (Lipinski definition) is 1. The van der Waals surface area contributed by atoms with Crippen LogP contribution in [0.3, 0.4) is 0 Å². The van der Waals surface area contributed by atoms with E-state index in [1.165, 1.54) is 39.9 Å². The van der Waals surface area contributed by atoms with Gasteiger partial charge in [0.2, 0.25) is 21.1 Å². The molecule has 0 radical (unpaired) electrons. The molecular formula is C16H22N6O3S2. The van der Waals surface area contributed by atoms with E-state index in [1.807, 2.05) is 0 Å². The van der Waals surface area contributed by atoms with Gasteiger partial charge in [-0.3, -0.25) is 4.79 Å². The summed E-state index contributed by atoms with van der Waals surface area (Å²) in [6, 6.07) is 5.92. The van der Waals surface area contributed by atoms with Gasteiger partial charge < -0.3 is 5.32 Å². The van der Waals surface area contributed by atoms with E-state index >= 15 is 0 Å². The Morgan fingerprint density at radius 3 is 2.63 bits per heavy atom. The third-order valence-corrected chi connectivity index (χ3v) is 6.68. The number of aromatic nitrogens is 4. The van der Waals surface area contributed by atoms with Crippen molar-refractivity contribution in [2.45, 2.75) is 36.5 Å². The quantitative estimate of drug-likeness (QED) is 0.494. The average molecular weight is 411 g/mol. The molecule has 0 spiro atoms. The normalized spacial score (nSPS) is 11.7. The predicted octanol–water partition coefficient (Wildman–Crippen LogP) is 1.62.